The summed E-state index contributed by atoms with van der Waals surface area (Å²) in [7, 11) is 0. The van der Waals surface area contributed by atoms with Crippen LogP contribution in [0.1, 0.15) is 50.6 Å². The second kappa shape index (κ2) is 7.07. The van der Waals surface area contributed by atoms with E-state index in [2.05, 4.69) is 22.9 Å². The van der Waals surface area contributed by atoms with Crippen LogP contribution in [0.15, 0.2) is 16.6 Å². The van der Waals surface area contributed by atoms with Crippen LogP contribution < -0.4 is 5.73 Å². The van der Waals surface area contributed by atoms with Crippen molar-refractivity contribution in [3.05, 3.63) is 33.8 Å². The van der Waals surface area contributed by atoms with Gasteiger partial charge in [-0.05, 0) is 34.5 Å². The number of hydrogen-bond donors (Lipinski definition) is 1. The van der Waals surface area contributed by atoms with Gasteiger partial charge in [-0.25, -0.2) is 8.78 Å². The molecule has 1 nitrogen and oxygen atoms in total. The Labute approximate surface area is 110 Å². The quantitative estimate of drug-likeness (QED) is 0.598. The van der Waals surface area contributed by atoms with Crippen LogP contribution in [0.3, 0.4) is 0 Å². The van der Waals surface area contributed by atoms with Gasteiger partial charge in [-0.1, -0.05) is 32.6 Å². The van der Waals surface area contributed by atoms with E-state index in [0.717, 1.165) is 25.7 Å². The summed E-state index contributed by atoms with van der Waals surface area (Å²) in [5.74, 6) is -1.14. The summed E-state index contributed by atoms with van der Waals surface area (Å²) in [4.78, 5) is 0. The predicted molar refractivity (Wildman–Crippen MR) is 69.7 cm³/mol. The van der Waals surface area contributed by atoms with Crippen LogP contribution in [-0.2, 0) is 0 Å². The average molecular weight is 306 g/mol. The molecule has 2 N–H and O–H groups in total. The van der Waals surface area contributed by atoms with Gasteiger partial charge < -0.3 is 5.73 Å². The standard InChI is InChI=1S/C13H18BrF2N/c1-2-3-4-5-6-11(17)12-10(15)8-7-9(14)13(12)16/h7-8,11H,2-6,17H2,1H3. The molecule has 0 fully saturated rings. The SMILES string of the molecule is CCCCCCC(N)c1c(F)ccc(Br)c1F. The normalized spacial score (nSPS) is 12.8. The first kappa shape index (κ1) is 14.6. The number of rotatable bonds is 6. The lowest BCUT2D eigenvalue weighted by atomic mass is 10.00. The fraction of sp³-hybridized carbons (Fsp3) is 0.538. The molecule has 17 heavy (non-hydrogen) atoms. The lowest BCUT2D eigenvalue weighted by Crippen LogP contribution is -2.14. The minimum absolute atomic E-state index is 0.00382. The van der Waals surface area contributed by atoms with Gasteiger partial charge in [0.25, 0.3) is 0 Å². The fourth-order valence-corrected chi connectivity index (χ4v) is 2.16. The molecule has 0 heterocycles. The fourth-order valence-electron chi connectivity index (χ4n) is 1.82. The maximum absolute atomic E-state index is 13.7. The highest BCUT2D eigenvalue weighted by atomic mass is 79.9. The molecule has 4 heteroatoms. The van der Waals surface area contributed by atoms with E-state index >= 15 is 0 Å². The third-order valence-corrected chi connectivity index (χ3v) is 3.43. The molecule has 0 bridgehead atoms. The van der Waals surface area contributed by atoms with Gasteiger partial charge in [0, 0.05) is 11.6 Å². The molecule has 0 aliphatic carbocycles. The molecule has 0 aliphatic heterocycles. The lowest BCUT2D eigenvalue weighted by molar-refractivity contribution is 0.492. The average Bonchev–Trinajstić information content (AvgIpc) is 2.30. The van der Waals surface area contributed by atoms with Gasteiger partial charge >= 0.3 is 0 Å². The smallest absolute Gasteiger partial charge is 0.145 e. The van der Waals surface area contributed by atoms with Gasteiger partial charge in [0.2, 0.25) is 0 Å². The summed E-state index contributed by atoms with van der Waals surface area (Å²) in [6, 6.07) is 2.04. The Morgan fingerprint density at radius 3 is 2.59 bits per heavy atom. The second-order valence-electron chi connectivity index (χ2n) is 4.21. The molecule has 0 aliphatic rings. The zero-order valence-corrected chi connectivity index (χ0v) is 11.6. The van der Waals surface area contributed by atoms with Crippen LogP contribution >= 0.6 is 15.9 Å². The molecule has 1 aromatic carbocycles. The Kier molecular flexibility index (Phi) is 6.06. The summed E-state index contributed by atoms with van der Waals surface area (Å²) in [5, 5.41) is 0. The zero-order valence-electron chi connectivity index (χ0n) is 9.98. The van der Waals surface area contributed by atoms with E-state index in [1.807, 2.05) is 0 Å². The highest BCUT2D eigenvalue weighted by Crippen LogP contribution is 2.28. The van der Waals surface area contributed by atoms with Gasteiger partial charge in [-0.3, -0.25) is 0 Å². The van der Waals surface area contributed by atoms with Gasteiger partial charge in [0.15, 0.2) is 0 Å². The zero-order chi connectivity index (χ0) is 12.8. The Morgan fingerprint density at radius 1 is 1.24 bits per heavy atom. The van der Waals surface area contributed by atoms with Crippen LogP contribution in [0.2, 0.25) is 0 Å². The highest BCUT2D eigenvalue weighted by Gasteiger charge is 2.18. The van der Waals surface area contributed by atoms with Gasteiger partial charge in [-0.15, -0.1) is 0 Å². The third kappa shape index (κ3) is 4.03. The van der Waals surface area contributed by atoms with Crippen molar-refractivity contribution in [2.75, 3.05) is 0 Å². The first-order valence-electron chi connectivity index (χ1n) is 5.96. The van der Waals surface area contributed by atoms with Gasteiger partial charge in [0.05, 0.1) is 4.47 Å². The molecular formula is C13H18BrF2N. The first-order chi connectivity index (χ1) is 8.07. The number of nitrogens with two attached hydrogens (primary N) is 1. The second-order valence-corrected chi connectivity index (χ2v) is 5.07. The highest BCUT2D eigenvalue weighted by molar-refractivity contribution is 9.10. The molecule has 1 rings (SSSR count). The van der Waals surface area contributed by atoms with E-state index in [1.165, 1.54) is 12.1 Å². The van der Waals surface area contributed by atoms with Gasteiger partial charge in [0.1, 0.15) is 11.6 Å². The van der Waals surface area contributed by atoms with E-state index in [-0.39, 0.29) is 10.0 Å². The number of unbranched alkanes of at least 4 members (excludes halogenated alkanes) is 3. The topological polar surface area (TPSA) is 26.0 Å². The maximum Gasteiger partial charge on any atom is 0.145 e. The number of halogens is 3. The monoisotopic (exact) mass is 305 g/mol. The molecule has 96 valence electrons. The summed E-state index contributed by atoms with van der Waals surface area (Å²) in [6.45, 7) is 2.12. The summed E-state index contributed by atoms with van der Waals surface area (Å²) >= 11 is 3.04. The van der Waals surface area contributed by atoms with E-state index in [1.54, 1.807) is 0 Å². The number of hydrogen-bond acceptors (Lipinski definition) is 1. The van der Waals surface area contributed by atoms with Crippen molar-refractivity contribution >= 4 is 15.9 Å². The summed E-state index contributed by atoms with van der Waals surface area (Å²) in [5.41, 5.74) is 5.84. The van der Waals surface area contributed by atoms with E-state index < -0.39 is 17.7 Å². The van der Waals surface area contributed by atoms with Crippen molar-refractivity contribution in [1.82, 2.24) is 0 Å². The molecule has 0 radical (unpaired) electrons. The van der Waals surface area contributed by atoms with Crippen LogP contribution in [0.5, 0.6) is 0 Å². The van der Waals surface area contributed by atoms with Gasteiger partial charge in [-0.2, -0.15) is 0 Å². The molecule has 0 saturated heterocycles. The minimum Gasteiger partial charge on any atom is -0.324 e. The lowest BCUT2D eigenvalue weighted by Gasteiger charge is -2.14. The molecule has 0 saturated carbocycles. The third-order valence-electron chi connectivity index (χ3n) is 2.82. The molecule has 0 aromatic heterocycles. The minimum atomic E-state index is -0.576. The largest absolute Gasteiger partial charge is 0.324 e. The van der Waals surface area contributed by atoms with Crippen molar-refractivity contribution in [2.24, 2.45) is 5.73 Å². The molecule has 0 spiro atoms. The van der Waals surface area contributed by atoms with Crippen molar-refractivity contribution in [1.29, 1.82) is 0 Å². The Bertz CT molecular complexity index is 369. The molecule has 1 aromatic rings. The summed E-state index contributed by atoms with van der Waals surface area (Å²) < 4.78 is 27.5. The van der Waals surface area contributed by atoms with Crippen molar-refractivity contribution in [2.45, 2.75) is 45.1 Å². The Balaban J connectivity index is 2.68. The van der Waals surface area contributed by atoms with Crippen molar-refractivity contribution in [3.8, 4) is 0 Å². The van der Waals surface area contributed by atoms with Crippen LogP contribution in [-0.4, -0.2) is 0 Å². The maximum atomic E-state index is 13.7. The van der Waals surface area contributed by atoms with E-state index in [0.29, 0.717) is 6.42 Å². The summed E-state index contributed by atoms with van der Waals surface area (Å²) in [6.07, 6.45) is 4.84. The first-order valence-corrected chi connectivity index (χ1v) is 6.76. The molecule has 0 amide bonds. The van der Waals surface area contributed by atoms with Crippen molar-refractivity contribution < 1.29 is 8.78 Å². The Morgan fingerprint density at radius 2 is 1.94 bits per heavy atom. The van der Waals surface area contributed by atoms with Crippen LogP contribution in [0.25, 0.3) is 0 Å². The van der Waals surface area contributed by atoms with Crippen LogP contribution in [0, 0.1) is 11.6 Å². The van der Waals surface area contributed by atoms with E-state index in [4.69, 9.17) is 5.73 Å². The van der Waals surface area contributed by atoms with E-state index in [9.17, 15) is 8.78 Å². The van der Waals surface area contributed by atoms with Crippen LogP contribution in [0.4, 0.5) is 8.78 Å². The number of benzene rings is 1. The Hall–Kier alpha value is -0.480. The van der Waals surface area contributed by atoms with Crippen molar-refractivity contribution in [3.63, 3.8) is 0 Å². The molecule has 1 atom stereocenters. The molecular weight excluding hydrogens is 288 g/mol. The molecule has 1 unspecified atom stereocenters. The predicted octanol–water partition coefficient (Wildman–Crippen LogP) is 4.70.